The molecular formula is C14H22N4O3S. The second-order valence-corrected chi connectivity index (χ2v) is 8.16. The third-order valence-electron chi connectivity index (χ3n) is 4.53. The number of nitrogens with one attached hydrogen (secondary N) is 1. The zero-order valence-electron chi connectivity index (χ0n) is 13.0. The van der Waals surface area contributed by atoms with E-state index >= 15 is 0 Å². The summed E-state index contributed by atoms with van der Waals surface area (Å²) in [6.45, 7) is 3.69. The molecule has 1 amide bonds. The number of fused-ring (bicyclic) bond motifs is 1. The molecule has 1 aromatic heterocycles. The molecule has 122 valence electrons. The first-order chi connectivity index (χ1) is 10.3. The smallest absolute Gasteiger partial charge is 0.226 e. The van der Waals surface area contributed by atoms with Gasteiger partial charge in [-0.25, -0.2) is 13.4 Å². The number of imidazole rings is 1. The predicted molar refractivity (Wildman–Crippen MR) is 81.8 cm³/mol. The van der Waals surface area contributed by atoms with Crippen molar-refractivity contribution in [2.45, 2.75) is 26.2 Å². The van der Waals surface area contributed by atoms with E-state index in [0.29, 0.717) is 32.6 Å². The van der Waals surface area contributed by atoms with Gasteiger partial charge in [0.15, 0.2) is 0 Å². The van der Waals surface area contributed by atoms with Crippen molar-refractivity contribution in [1.82, 2.24) is 19.2 Å². The Hall–Kier alpha value is -1.41. The lowest BCUT2D eigenvalue weighted by molar-refractivity contribution is -0.137. The highest BCUT2D eigenvalue weighted by Crippen LogP contribution is 2.25. The Balaban J connectivity index is 1.62. The minimum Gasteiger partial charge on any atom is -0.346 e. The highest BCUT2D eigenvalue weighted by atomic mass is 32.2. The van der Waals surface area contributed by atoms with Crippen LogP contribution in [0.15, 0.2) is 0 Å². The normalized spacial score (nSPS) is 23.4. The number of H-pyrrole nitrogens is 1. The van der Waals surface area contributed by atoms with Crippen LogP contribution in [0.3, 0.4) is 0 Å². The summed E-state index contributed by atoms with van der Waals surface area (Å²) in [4.78, 5) is 22.1. The molecule has 1 aromatic rings. The molecule has 0 bridgehead atoms. The van der Waals surface area contributed by atoms with Crippen LogP contribution in [0.25, 0.3) is 0 Å². The summed E-state index contributed by atoms with van der Waals surface area (Å²) in [6.07, 6.45) is 3.58. The summed E-state index contributed by atoms with van der Waals surface area (Å²) in [5.41, 5.74) is 2.17. The quantitative estimate of drug-likeness (QED) is 0.824. The molecule has 7 nitrogen and oxygen atoms in total. The van der Waals surface area contributed by atoms with E-state index < -0.39 is 10.0 Å². The van der Waals surface area contributed by atoms with Crippen molar-refractivity contribution in [3.63, 3.8) is 0 Å². The van der Waals surface area contributed by atoms with Gasteiger partial charge in [0, 0.05) is 44.2 Å². The number of aromatic nitrogens is 2. The van der Waals surface area contributed by atoms with Gasteiger partial charge in [0.05, 0.1) is 11.9 Å². The molecule has 1 atom stereocenters. The largest absolute Gasteiger partial charge is 0.346 e. The van der Waals surface area contributed by atoms with Gasteiger partial charge in [-0.1, -0.05) is 0 Å². The molecule has 1 aliphatic carbocycles. The summed E-state index contributed by atoms with van der Waals surface area (Å²) in [7, 11) is -3.15. The lowest BCUT2D eigenvalue weighted by Gasteiger charge is -2.35. The Kier molecular flexibility index (Phi) is 3.98. The Labute approximate surface area is 130 Å². The van der Waals surface area contributed by atoms with Crippen molar-refractivity contribution < 1.29 is 13.2 Å². The predicted octanol–water partition coefficient (Wildman–Crippen LogP) is -0.0732. The number of aryl methyl sites for hydroxylation is 2. The Morgan fingerprint density at radius 1 is 1.27 bits per heavy atom. The van der Waals surface area contributed by atoms with Gasteiger partial charge in [0.1, 0.15) is 5.82 Å². The van der Waals surface area contributed by atoms with Gasteiger partial charge >= 0.3 is 0 Å². The topological polar surface area (TPSA) is 86.4 Å². The molecule has 1 fully saturated rings. The lowest BCUT2D eigenvalue weighted by Crippen LogP contribution is -2.52. The number of hydrogen-bond acceptors (Lipinski definition) is 4. The van der Waals surface area contributed by atoms with Crippen molar-refractivity contribution in [1.29, 1.82) is 0 Å². The van der Waals surface area contributed by atoms with Gasteiger partial charge in [0.25, 0.3) is 0 Å². The lowest BCUT2D eigenvalue weighted by atomic mass is 9.88. The fourth-order valence-electron chi connectivity index (χ4n) is 3.33. The monoisotopic (exact) mass is 326 g/mol. The van der Waals surface area contributed by atoms with Crippen LogP contribution < -0.4 is 0 Å². The Morgan fingerprint density at radius 3 is 2.59 bits per heavy atom. The number of amides is 1. The van der Waals surface area contributed by atoms with E-state index in [-0.39, 0.29) is 11.8 Å². The van der Waals surface area contributed by atoms with Crippen LogP contribution >= 0.6 is 0 Å². The molecule has 0 aromatic carbocycles. The first-order valence-electron chi connectivity index (χ1n) is 7.63. The number of hydrogen-bond donors (Lipinski definition) is 1. The minimum atomic E-state index is -3.15. The van der Waals surface area contributed by atoms with Crippen LogP contribution in [0.1, 0.15) is 23.6 Å². The molecule has 1 saturated heterocycles. The van der Waals surface area contributed by atoms with E-state index in [0.717, 1.165) is 30.1 Å². The van der Waals surface area contributed by atoms with Crippen LogP contribution in [0.2, 0.25) is 0 Å². The standard InChI is InChI=1S/C14H22N4O3S/c1-10-15-12-4-3-11(9-13(12)16-10)14(19)17-5-7-18(8-6-17)22(2,20)21/h11H,3-9H2,1-2H3,(H,15,16)/t11-/m1/s1. The molecule has 0 radical (unpaired) electrons. The van der Waals surface area contributed by atoms with E-state index in [1.165, 1.54) is 10.6 Å². The number of piperazine rings is 1. The highest BCUT2D eigenvalue weighted by molar-refractivity contribution is 7.88. The maximum absolute atomic E-state index is 12.6. The number of carbonyl (C=O) groups excluding carboxylic acids is 1. The molecule has 1 aliphatic heterocycles. The zero-order chi connectivity index (χ0) is 15.9. The van der Waals surface area contributed by atoms with E-state index in [2.05, 4.69) is 9.97 Å². The SMILES string of the molecule is Cc1nc2c([nH]1)C[C@H](C(=O)N1CCN(S(C)(=O)=O)CC1)CC2. The number of sulfonamides is 1. The molecule has 1 N–H and O–H groups in total. The molecule has 0 spiro atoms. The van der Waals surface area contributed by atoms with Crippen molar-refractivity contribution >= 4 is 15.9 Å². The Bertz CT molecular complexity index is 674. The molecule has 3 rings (SSSR count). The summed E-state index contributed by atoms with van der Waals surface area (Å²) in [5, 5.41) is 0. The third kappa shape index (κ3) is 3.03. The molecule has 0 unspecified atom stereocenters. The first-order valence-corrected chi connectivity index (χ1v) is 9.47. The molecule has 22 heavy (non-hydrogen) atoms. The number of nitrogens with zero attached hydrogens (tertiary/aromatic N) is 3. The molecule has 2 aliphatic rings. The van der Waals surface area contributed by atoms with Gasteiger partial charge in [-0.05, 0) is 19.8 Å². The maximum Gasteiger partial charge on any atom is 0.226 e. The summed E-state index contributed by atoms with van der Waals surface area (Å²) < 4.78 is 24.5. The van der Waals surface area contributed by atoms with Crippen molar-refractivity contribution in [2.24, 2.45) is 5.92 Å². The summed E-state index contributed by atoms with van der Waals surface area (Å²) in [5.74, 6) is 1.03. The van der Waals surface area contributed by atoms with Gasteiger partial charge in [0.2, 0.25) is 15.9 Å². The van der Waals surface area contributed by atoms with Crippen LogP contribution in [0, 0.1) is 12.8 Å². The van der Waals surface area contributed by atoms with Crippen LogP contribution in [0.4, 0.5) is 0 Å². The minimum absolute atomic E-state index is 0.0165. The second-order valence-electron chi connectivity index (χ2n) is 6.17. The van der Waals surface area contributed by atoms with Gasteiger partial charge in [-0.15, -0.1) is 0 Å². The highest BCUT2D eigenvalue weighted by Gasteiger charge is 2.32. The first kappa shape index (κ1) is 15.5. The average molecular weight is 326 g/mol. The zero-order valence-corrected chi connectivity index (χ0v) is 13.8. The van der Waals surface area contributed by atoms with E-state index in [1.54, 1.807) is 4.90 Å². The molecule has 8 heteroatoms. The number of aromatic amines is 1. The van der Waals surface area contributed by atoms with E-state index in [9.17, 15) is 13.2 Å². The van der Waals surface area contributed by atoms with Crippen LogP contribution in [-0.4, -0.2) is 65.9 Å². The van der Waals surface area contributed by atoms with E-state index in [4.69, 9.17) is 0 Å². The third-order valence-corrected chi connectivity index (χ3v) is 5.83. The molecule has 0 saturated carbocycles. The maximum atomic E-state index is 12.6. The van der Waals surface area contributed by atoms with Crippen LogP contribution in [0.5, 0.6) is 0 Å². The van der Waals surface area contributed by atoms with Crippen molar-refractivity contribution in [2.75, 3.05) is 32.4 Å². The van der Waals surface area contributed by atoms with Gasteiger partial charge < -0.3 is 9.88 Å². The van der Waals surface area contributed by atoms with Crippen LogP contribution in [-0.2, 0) is 27.7 Å². The average Bonchev–Trinajstić information content (AvgIpc) is 2.84. The molecule has 2 heterocycles. The second kappa shape index (κ2) is 5.66. The van der Waals surface area contributed by atoms with E-state index in [1.807, 2.05) is 6.92 Å². The fourth-order valence-corrected chi connectivity index (χ4v) is 4.16. The van der Waals surface area contributed by atoms with Gasteiger partial charge in [-0.2, -0.15) is 4.31 Å². The summed E-state index contributed by atoms with van der Waals surface area (Å²) in [6, 6.07) is 0. The number of carbonyl (C=O) groups is 1. The number of rotatable bonds is 2. The van der Waals surface area contributed by atoms with Crippen molar-refractivity contribution in [3.05, 3.63) is 17.2 Å². The summed E-state index contributed by atoms with van der Waals surface area (Å²) >= 11 is 0. The van der Waals surface area contributed by atoms with Gasteiger partial charge in [-0.3, -0.25) is 4.79 Å². The Morgan fingerprint density at radius 2 is 1.95 bits per heavy atom. The fraction of sp³-hybridized carbons (Fsp3) is 0.714. The molecular weight excluding hydrogens is 304 g/mol. The van der Waals surface area contributed by atoms with Crippen molar-refractivity contribution in [3.8, 4) is 0 Å².